The van der Waals surface area contributed by atoms with Gasteiger partial charge in [-0.3, -0.25) is 4.68 Å². The average Bonchev–Trinajstić information content (AvgIpc) is 3.24. The Labute approximate surface area is 160 Å². The molecule has 0 spiro atoms. The molecule has 140 valence electrons. The Morgan fingerprint density at radius 3 is 2.63 bits per heavy atom. The zero-order valence-corrected chi connectivity index (χ0v) is 15.7. The molecule has 3 aromatic rings. The minimum Gasteiger partial charge on any atom is -0.496 e. The molecule has 5 heteroatoms. The quantitative estimate of drug-likeness (QED) is 0.693. The maximum atomic E-state index is 5.41. The molecule has 4 rings (SSSR count). The lowest BCUT2D eigenvalue weighted by molar-refractivity contribution is 0.343. The summed E-state index contributed by atoms with van der Waals surface area (Å²) in [6.45, 7) is 2.88. The standard InChI is InChI=1S/C22H26N4O/c1-27-22-5-3-2-4-18(22)16-24-19-8-6-17(7-9-19)21-12-15-26(25-21)20-10-13-23-14-11-20/h2-9,12,15,20,23-24H,10-11,13-14,16H2,1H3. The highest BCUT2D eigenvalue weighted by Gasteiger charge is 2.16. The number of aromatic nitrogens is 2. The van der Waals surface area contributed by atoms with Gasteiger partial charge in [0.25, 0.3) is 0 Å². The van der Waals surface area contributed by atoms with Gasteiger partial charge in [0.05, 0.1) is 18.8 Å². The van der Waals surface area contributed by atoms with Crippen molar-refractivity contribution in [1.29, 1.82) is 0 Å². The third kappa shape index (κ3) is 4.14. The van der Waals surface area contributed by atoms with Gasteiger partial charge in [0.2, 0.25) is 0 Å². The summed E-state index contributed by atoms with van der Waals surface area (Å²) in [5.74, 6) is 0.907. The summed E-state index contributed by atoms with van der Waals surface area (Å²) in [6, 6.07) is 19.2. The number of anilines is 1. The van der Waals surface area contributed by atoms with Crippen LogP contribution in [-0.4, -0.2) is 30.0 Å². The second-order valence-electron chi connectivity index (χ2n) is 6.90. The molecule has 0 atom stereocenters. The van der Waals surface area contributed by atoms with E-state index in [0.29, 0.717) is 6.04 Å². The number of piperidine rings is 1. The molecule has 0 saturated carbocycles. The van der Waals surface area contributed by atoms with E-state index in [1.165, 1.54) is 0 Å². The molecule has 0 aliphatic carbocycles. The van der Waals surface area contributed by atoms with Gasteiger partial charge in [-0.15, -0.1) is 0 Å². The van der Waals surface area contributed by atoms with E-state index < -0.39 is 0 Å². The van der Waals surface area contributed by atoms with Gasteiger partial charge in [-0.05, 0) is 50.2 Å². The fourth-order valence-electron chi connectivity index (χ4n) is 3.57. The third-order valence-electron chi connectivity index (χ3n) is 5.15. The lowest BCUT2D eigenvalue weighted by Gasteiger charge is -2.22. The predicted octanol–water partition coefficient (Wildman–Crippen LogP) is 4.10. The summed E-state index contributed by atoms with van der Waals surface area (Å²) in [6.07, 6.45) is 4.40. The molecule has 27 heavy (non-hydrogen) atoms. The van der Waals surface area contributed by atoms with Crippen LogP contribution >= 0.6 is 0 Å². The van der Waals surface area contributed by atoms with Crippen molar-refractivity contribution < 1.29 is 4.74 Å². The van der Waals surface area contributed by atoms with Crippen LogP contribution in [0, 0.1) is 0 Å². The number of hydrogen-bond donors (Lipinski definition) is 2. The van der Waals surface area contributed by atoms with Crippen molar-refractivity contribution in [1.82, 2.24) is 15.1 Å². The molecule has 2 N–H and O–H groups in total. The van der Waals surface area contributed by atoms with Gasteiger partial charge in [0.1, 0.15) is 5.75 Å². The Morgan fingerprint density at radius 2 is 1.85 bits per heavy atom. The largest absolute Gasteiger partial charge is 0.496 e. The Morgan fingerprint density at radius 1 is 1.07 bits per heavy atom. The SMILES string of the molecule is COc1ccccc1CNc1ccc(-c2ccn(C3CCNCC3)n2)cc1. The molecule has 1 aromatic heterocycles. The number of ether oxygens (including phenoxy) is 1. The van der Waals surface area contributed by atoms with Crippen LogP contribution in [0.15, 0.2) is 60.8 Å². The topological polar surface area (TPSA) is 51.1 Å². The molecule has 1 fully saturated rings. The minimum atomic E-state index is 0.516. The number of methoxy groups -OCH3 is 1. The van der Waals surface area contributed by atoms with Crippen molar-refractivity contribution in [2.45, 2.75) is 25.4 Å². The lowest BCUT2D eigenvalue weighted by atomic mass is 10.1. The van der Waals surface area contributed by atoms with E-state index in [-0.39, 0.29) is 0 Å². The molecule has 1 saturated heterocycles. The van der Waals surface area contributed by atoms with Gasteiger partial charge in [-0.2, -0.15) is 5.10 Å². The molecule has 0 unspecified atom stereocenters. The van der Waals surface area contributed by atoms with E-state index >= 15 is 0 Å². The van der Waals surface area contributed by atoms with Gasteiger partial charge in [0, 0.05) is 29.6 Å². The number of nitrogens with zero attached hydrogens (tertiary/aromatic N) is 2. The minimum absolute atomic E-state index is 0.516. The van der Waals surface area contributed by atoms with Crippen molar-refractivity contribution in [3.05, 3.63) is 66.4 Å². The van der Waals surface area contributed by atoms with Crippen molar-refractivity contribution in [3.63, 3.8) is 0 Å². The first-order chi connectivity index (χ1) is 13.3. The van der Waals surface area contributed by atoms with Gasteiger partial charge < -0.3 is 15.4 Å². The van der Waals surface area contributed by atoms with Gasteiger partial charge in [0.15, 0.2) is 0 Å². The van der Waals surface area contributed by atoms with Crippen molar-refractivity contribution in [3.8, 4) is 17.0 Å². The van der Waals surface area contributed by atoms with Crippen LogP contribution in [0.2, 0.25) is 0 Å². The van der Waals surface area contributed by atoms with E-state index in [9.17, 15) is 0 Å². The van der Waals surface area contributed by atoms with Crippen molar-refractivity contribution >= 4 is 5.69 Å². The van der Waals surface area contributed by atoms with Crippen molar-refractivity contribution in [2.24, 2.45) is 0 Å². The number of benzene rings is 2. The highest BCUT2D eigenvalue weighted by molar-refractivity contribution is 5.62. The van der Waals surface area contributed by atoms with Gasteiger partial charge in [-0.1, -0.05) is 30.3 Å². The second-order valence-corrected chi connectivity index (χ2v) is 6.90. The van der Waals surface area contributed by atoms with E-state index in [1.807, 2.05) is 18.2 Å². The van der Waals surface area contributed by atoms with Gasteiger partial charge in [-0.25, -0.2) is 0 Å². The highest BCUT2D eigenvalue weighted by Crippen LogP contribution is 2.24. The summed E-state index contributed by atoms with van der Waals surface area (Å²) >= 11 is 0. The molecule has 2 heterocycles. The summed E-state index contributed by atoms with van der Waals surface area (Å²) in [4.78, 5) is 0. The van der Waals surface area contributed by atoms with Crippen LogP contribution in [0.1, 0.15) is 24.4 Å². The highest BCUT2D eigenvalue weighted by atomic mass is 16.5. The number of nitrogens with one attached hydrogen (secondary N) is 2. The Balaban J connectivity index is 1.41. The molecule has 0 bridgehead atoms. The van der Waals surface area contributed by atoms with Crippen LogP contribution in [0.5, 0.6) is 5.75 Å². The fourth-order valence-corrected chi connectivity index (χ4v) is 3.57. The third-order valence-corrected chi connectivity index (χ3v) is 5.15. The number of rotatable bonds is 6. The number of hydrogen-bond acceptors (Lipinski definition) is 4. The monoisotopic (exact) mass is 362 g/mol. The summed E-state index contributed by atoms with van der Waals surface area (Å²) in [5, 5.41) is 11.7. The molecule has 1 aliphatic heterocycles. The maximum absolute atomic E-state index is 5.41. The Hall–Kier alpha value is -2.79. The summed E-state index contributed by atoms with van der Waals surface area (Å²) in [7, 11) is 1.70. The smallest absolute Gasteiger partial charge is 0.123 e. The fraction of sp³-hybridized carbons (Fsp3) is 0.318. The first kappa shape index (κ1) is 17.6. The normalized spacial score (nSPS) is 14.9. The first-order valence-electron chi connectivity index (χ1n) is 9.55. The molecule has 0 radical (unpaired) electrons. The lowest BCUT2D eigenvalue weighted by Crippen LogP contribution is -2.29. The zero-order chi connectivity index (χ0) is 18.5. The van der Waals surface area contributed by atoms with Crippen LogP contribution in [0.3, 0.4) is 0 Å². The molecule has 5 nitrogen and oxygen atoms in total. The number of para-hydroxylation sites is 1. The zero-order valence-electron chi connectivity index (χ0n) is 15.7. The predicted molar refractivity (Wildman–Crippen MR) is 109 cm³/mol. The first-order valence-corrected chi connectivity index (χ1v) is 9.55. The molecular formula is C22H26N4O. The summed E-state index contributed by atoms with van der Waals surface area (Å²) < 4.78 is 7.54. The van der Waals surface area contributed by atoms with Crippen molar-refractivity contribution in [2.75, 3.05) is 25.5 Å². The average molecular weight is 362 g/mol. The second kappa shape index (κ2) is 8.27. The van der Waals surface area contributed by atoms with Crippen LogP contribution in [0.25, 0.3) is 11.3 Å². The van der Waals surface area contributed by atoms with Crippen LogP contribution in [0.4, 0.5) is 5.69 Å². The Kier molecular flexibility index (Phi) is 5.39. The van der Waals surface area contributed by atoms with E-state index in [0.717, 1.165) is 60.7 Å². The van der Waals surface area contributed by atoms with E-state index in [2.05, 4.69) is 57.9 Å². The van der Waals surface area contributed by atoms with E-state index in [1.54, 1.807) is 7.11 Å². The molecule has 2 aromatic carbocycles. The molecular weight excluding hydrogens is 336 g/mol. The van der Waals surface area contributed by atoms with E-state index in [4.69, 9.17) is 9.84 Å². The Bertz CT molecular complexity index is 866. The van der Waals surface area contributed by atoms with Crippen LogP contribution in [-0.2, 0) is 6.54 Å². The maximum Gasteiger partial charge on any atom is 0.123 e. The van der Waals surface area contributed by atoms with Crippen LogP contribution < -0.4 is 15.4 Å². The van der Waals surface area contributed by atoms with Gasteiger partial charge >= 0.3 is 0 Å². The summed E-state index contributed by atoms with van der Waals surface area (Å²) in [5.41, 5.74) is 4.41. The molecule has 1 aliphatic rings. The molecule has 0 amide bonds.